The van der Waals surface area contributed by atoms with Crippen LogP contribution in [0.2, 0.25) is 0 Å². The third-order valence-electron chi connectivity index (χ3n) is 7.04. The van der Waals surface area contributed by atoms with Gasteiger partial charge < -0.3 is 26.3 Å². The van der Waals surface area contributed by atoms with Crippen molar-refractivity contribution in [3.63, 3.8) is 0 Å². The van der Waals surface area contributed by atoms with E-state index >= 15 is 0 Å². The number of aromatic nitrogens is 4. The molecule has 40 heavy (non-hydrogen) atoms. The van der Waals surface area contributed by atoms with E-state index in [1.807, 2.05) is 47.4 Å². The van der Waals surface area contributed by atoms with Crippen LogP contribution < -0.4 is 16.0 Å². The third-order valence-corrected chi connectivity index (χ3v) is 7.04. The number of nitrogens with two attached hydrogens (primary N) is 1. The van der Waals surface area contributed by atoms with Crippen LogP contribution >= 0.6 is 0 Å². The molecule has 0 spiro atoms. The van der Waals surface area contributed by atoms with Crippen molar-refractivity contribution >= 4 is 29.0 Å². The SMILES string of the molecule is CN/C=C(\C=N)c1cn2ncc(C#N)c2c(-c2ccc(N3CCN(C(=O)C(CN)c4ccccc4)CC3)nc2)n1. The van der Waals surface area contributed by atoms with Crippen LogP contribution in [0.1, 0.15) is 22.7 Å². The molecule has 4 N–H and O–H groups in total. The van der Waals surface area contributed by atoms with Gasteiger partial charge in [-0.3, -0.25) is 4.79 Å². The number of amides is 1. The zero-order valence-electron chi connectivity index (χ0n) is 22.2. The first-order chi connectivity index (χ1) is 19.6. The van der Waals surface area contributed by atoms with Gasteiger partial charge in [-0.1, -0.05) is 30.3 Å². The van der Waals surface area contributed by atoms with Crippen molar-refractivity contribution in [2.75, 3.05) is 44.7 Å². The lowest BCUT2D eigenvalue weighted by Gasteiger charge is -2.37. The number of anilines is 1. The lowest BCUT2D eigenvalue weighted by Crippen LogP contribution is -2.51. The lowest BCUT2D eigenvalue weighted by molar-refractivity contribution is -0.132. The summed E-state index contributed by atoms with van der Waals surface area (Å²) in [4.78, 5) is 26.7. The highest BCUT2D eigenvalue weighted by Crippen LogP contribution is 2.28. The Morgan fingerprint density at radius 2 is 1.95 bits per heavy atom. The molecule has 4 heterocycles. The Morgan fingerprint density at radius 1 is 1.18 bits per heavy atom. The first-order valence-corrected chi connectivity index (χ1v) is 13.0. The van der Waals surface area contributed by atoms with Crippen molar-refractivity contribution in [1.82, 2.24) is 29.8 Å². The van der Waals surface area contributed by atoms with E-state index in [4.69, 9.17) is 21.1 Å². The van der Waals surface area contributed by atoms with Gasteiger partial charge in [0, 0.05) is 69.5 Å². The number of nitrogens with zero attached hydrogens (tertiary/aromatic N) is 7. The maximum Gasteiger partial charge on any atom is 0.231 e. The summed E-state index contributed by atoms with van der Waals surface area (Å²) in [6, 6.07) is 15.7. The Kier molecular flexibility index (Phi) is 7.80. The van der Waals surface area contributed by atoms with Crippen LogP contribution in [0.15, 0.2) is 67.3 Å². The topological polar surface area (TPSA) is 152 Å². The van der Waals surface area contributed by atoms with Gasteiger partial charge in [0.05, 0.1) is 29.7 Å². The minimum Gasteiger partial charge on any atom is -0.393 e. The number of hydrogen-bond donors (Lipinski definition) is 3. The van der Waals surface area contributed by atoms with Crippen LogP contribution in [0.4, 0.5) is 5.82 Å². The number of fused-ring (bicyclic) bond motifs is 1. The number of hydrogen-bond acceptors (Lipinski definition) is 9. The van der Waals surface area contributed by atoms with Crippen LogP contribution in [0.3, 0.4) is 0 Å². The number of allylic oxidation sites excluding steroid dienone is 1. The van der Waals surface area contributed by atoms with E-state index in [-0.39, 0.29) is 18.4 Å². The molecule has 1 saturated heterocycles. The zero-order valence-corrected chi connectivity index (χ0v) is 22.2. The number of piperazine rings is 1. The molecule has 1 aliphatic heterocycles. The van der Waals surface area contributed by atoms with Gasteiger partial charge >= 0.3 is 0 Å². The van der Waals surface area contributed by atoms with Gasteiger partial charge in [0.25, 0.3) is 0 Å². The molecule has 4 aromatic rings. The normalized spacial score (nSPS) is 14.6. The molecule has 1 unspecified atom stereocenters. The maximum atomic E-state index is 13.2. The fourth-order valence-electron chi connectivity index (χ4n) is 4.94. The van der Waals surface area contributed by atoms with Gasteiger partial charge in [0.2, 0.25) is 5.91 Å². The highest BCUT2D eigenvalue weighted by molar-refractivity contribution is 6.07. The Labute approximate surface area is 232 Å². The average molecular weight is 535 g/mol. The molecule has 1 aromatic carbocycles. The summed E-state index contributed by atoms with van der Waals surface area (Å²) in [5, 5.41) is 24.7. The fraction of sp³-hybridized carbons (Fsp3) is 0.241. The standard InChI is InChI=1S/C29H30N10O/c1-33-16-22(13-30)25-19-39-28(23(14-31)18-35-39)27(36-25)21-7-8-26(34-17-21)37-9-11-38(12-10-37)29(40)24(15-32)20-5-3-2-4-6-20/h2-8,13,16-19,24,30,33H,9-12,15,32H2,1H3/b22-16+,30-13?. The third kappa shape index (κ3) is 5.12. The zero-order chi connectivity index (χ0) is 28.1. The summed E-state index contributed by atoms with van der Waals surface area (Å²) in [5.41, 5.74) is 10.3. The summed E-state index contributed by atoms with van der Waals surface area (Å²) in [5.74, 6) is 0.506. The molecule has 1 aliphatic rings. The second-order valence-electron chi connectivity index (χ2n) is 9.39. The van der Waals surface area contributed by atoms with Crippen molar-refractivity contribution in [3.8, 4) is 17.3 Å². The molecule has 202 valence electrons. The van der Waals surface area contributed by atoms with Crippen LogP contribution in [0, 0.1) is 16.7 Å². The Balaban J connectivity index is 1.36. The summed E-state index contributed by atoms with van der Waals surface area (Å²) < 4.78 is 1.61. The van der Waals surface area contributed by atoms with E-state index in [1.54, 1.807) is 30.2 Å². The van der Waals surface area contributed by atoms with Gasteiger partial charge in [0.15, 0.2) is 0 Å². The summed E-state index contributed by atoms with van der Waals surface area (Å²) >= 11 is 0. The molecule has 11 heteroatoms. The number of rotatable bonds is 8. The lowest BCUT2D eigenvalue weighted by atomic mass is 9.97. The van der Waals surface area contributed by atoms with E-state index in [0.29, 0.717) is 54.2 Å². The number of nitrogens with one attached hydrogen (secondary N) is 2. The highest BCUT2D eigenvalue weighted by atomic mass is 16.2. The maximum absolute atomic E-state index is 13.2. The molecule has 3 aromatic heterocycles. The summed E-state index contributed by atoms with van der Waals surface area (Å²) in [6.07, 6.45) is 7.83. The van der Waals surface area contributed by atoms with Crippen molar-refractivity contribution in [3.05, 3.63) is 84.1 Å². The largest absolute Gasteiger partial charge is 0.393 e. The number of carbonyl (C=O) groups is 1. The molecule has 1 fully saturated rings. The van der Waals surface area contributed by atoms with E-state index in [2.05, 4.69) is 21.4 Å². The van der Waals surface area contributed by atoms with Gasteiger partial charge in [-0.2, -0.15) is 10.4 Å². The molecule has 11 nitrogen and oxygen atoms in total. The van der Waals surface area contributed by atoms with Gasteiger partial charge in [-0.05, 0) is 17.7 Å². The Bertz CT molecular complexity index is 1580. The van der Waals surface area contributed by atoms with E-state index in [9.17, 15) is 10.1 Å². The van der Waals surface area contributed by atoms with Crippen molar-refractivity contribution in [2.45, 2.75) is 5.92 Å². The summed E-state index contributed by atoms with van der Waals surface area (Å²) in [7, 11) is 1.75. The quantitative estimate of drug-likeness (QED) is 0.291. The molecule has 1 amide bonds. The first-order valence-electron chi connectivity index (χ1n) is 13.0. The number of carbonyl (C=O) groups excluding carboxylic acids is 1. The molecule has 0 aliphatic carbocycles. The fourth-order valence-corrected chi connectivity index (χ4v) is 4.94. The number of pyridine rings is 1. The number of nitriles is 1. The second kappa shape index (κ2) is 11.8. The van der Waals surface area contributed by atoms with Crippen molar-refractivity contribution < 1.29 is 4.79 Å². The predicted molar refractivity (Wildman–Crippen MR) is 154 cm³/mol. The van der Waals surface area contributed by atoms with E-state index in [0.717, 1.165) is 16.9 Å². The highest BCUT2D eigenvalue weighted by Gasteiger charge is 2.28. The molecule has 1 atom stereocenters. The molecule has 0 saturated carbocycles. The minimum absolute atomic E-state index is 0.0531. The van der Waals surface area contributed by atoms with Crippen LogP contribution in [0.5, 0.6) is 0 Å². The van der Waals surface area contributed by atoms with Crippen LogP contribution in [0.25, 0.3) is 22.3 Å². The van der Waals surface area contributed by atoms with Gasteiger partial charge in [-0.15, -0.1) is 0 Å². The first kappa shape index (κ1) is 26.5. The number of benzene rings is 1. The van der Waals surface area contributed by atoms with Crippen LogP contribution in [-0.2, 0) is 4.79 Å². The minimum atomic E-state index is -0.344. The average Bonchev–Trinajstić information content (AvgIpc) is 3.44. The van der Waals surface area contributed by atoms with Crippen LogP contribution in [-0.4, -0.2) is 76.4 Å². The van der Waals surface area contributed by atoms with Gasteiger partial charge in [-0.25, -0.2) is 14.5 Å². The molecular weight excluding hydrogens is 504 g/mol. The smallest absolute Gasteiger partial charge is 0.231 e. The molecule has 0 bridgehead atoms. The molecule has 0 radical (unpaired) electrons. The second-order valence-corrected chi connectivity index (χ2v) is 9.39. The Morgan fingerprint density at radius 3 is 2.58 bits per heavy atom. The molecular formula is C29H30N10O. The van der Waals surface area contributed by atoms with Crippen molar-refractivity contribution in [1.29, 1.82) is 10.7 Å². The van der Waals surface area contributed by atoms with E-state index in [1.165, 1.54) is 12.4 Å². The predicted octanol–water partition coefficient (Wildman–Crippen LogP) is 2.26. The Hall–Kier alpha value is -5.08. The van der Waals surface area contributed by atoms with Crippen molar-refractivity contribution in [2.24, 2.45) is 5.73 Å². The van der Waals surface area contributed by atoms with Gasteiger partial charge in [0.1, 0.15) is 23.0 Å². The summed E-state index contributed by atoms with van der Waals surface area (Å²) in [6.45, 7) is 2.75. The monoisotopic (exact) mass is 534 g/mol. The molecule has 5 rings (SSSR count). The van der Waals surface area contributed by atoms with E-state index < -0.39 is 0 Å².